The van der Waals surface area contributed by atoms with Gasteiger partial charge in [0.15, 0.2) is 0 Å². The summed E-state index contributed by atoms with van der Waals surface area (Å²) in [6.07, 6.45) is 0. The molecule has 0 fully saturated rings. The van der Waals surface area contributed by atoms with Crippen molar-refractivity contribution in [3.05, 3.63) is 29.8 Å². The third kappa shape index (κ3) is 1.08. The van der Waals surface area contributed by atoms with Crippen molar-refractivity contribution in [2.45, 2.75) is 0 Å². The Morgan fingerprint density at radius 2 is 2.10 bits per heavy atom. The molecular weight excluding hydrogens is 124 g/mol. The summed E-state index contributed by atoms with van der Waals surface area (Å²) in [5.41, 5.74) is 1.56. The molecule has 50 valence electrons. The summed E-state index contributed by atoms with van der Waals surface area (Å²) in [6.45, 7) is 0. The molecule has 0 saturated heterocycles. The van der Waals surface area contributed by atoms with E-state index in [2.05, 4.69) is 11.4 Å². The Labute approximate surface area is 60.1 Å². The topological polar surface area (TPSA) is 35.8 Å². The Balaban J connectivity index is 3.12. The third-order valence-corrected chi connectivity index (χ3v) is 1.32. The predicted octanol–water partition coefficient (Wildman–Crippen LogP) is 1.60. The molecule has 0 unspecified atom stereocenters. The normalized spacial score (nSPS) is 8.40. The number of nitriles is 1. The Morgan fingerprint density at radius 3 is 2.60 bits per heavy atom. The number of hydrogen-bond acceptors (Lipinski definition) is 2. The first-order valence-electron chi connectivity index (χ1n) is 3.05. The number of nitrogens with zero attached hydrogens (tertiary/aromatic N) is 1. The van der Waals surface area contributed by atoms with E-state index < -0.39 is 0 Å². The van der Waals surface area contributed by atoms with Gasteiger partial charge in [0.25, 0.3) is 0 Å². The summed E-state index contributed by atoms with van der Waals surface area (Å²) in [7, 11) is 1.80. The zero-order valence-electron chi connectivity index (χ0n) is 5.76. The van der Waals surface area contributed by atoms with Crippen molar-refractivity contribution in [3.8, 4) is 6.07 Å². The average molecular weight is 132 g/mol. The minimum atomic E-state index is 0.685. The number of nitrogens with one attached hydrogen (secondary N) is 1. The minimum absolute atomic E-state index is 0.685. The van der Waals surface area contributed by atoms with Crippen LogP contribution in [-0.2, 0) is 0 Å². The second kappa shape index (κ2) is 2.88. The van der Waals surface area contributed by atoms with Crippen molar-refractivity contribution in [1.29, 1.82) is 5.26 Å². The number of anilines is 1. The smallest absolute Gasteiger partial charge is 0.101 e. The van der Waals surface area contributed by atoms with Crippen LogP contribution >= 0.6 is 0 Å². The van der Waals surface area contributed by atoms with Crippen molar-refractivity contribution in [1.82, 2.24) is 0 Å². The lowest BCUT2D eigenvalue weighted by Gasteiger charge is -1.99. The Morgan fingerprint density at radius 1 is 1.40 bits per heavy atom. The molecule has 0 amide bonds. The standard InChI is InChI=1S/C8H8N2/c1-10-8-5-3-2-4-7(8)6-9/h2-5,10H,1H3. The van der Waals surface area contributed by atoms with Gasteiger partial charge in [0, 0.05) is 7.05 Å². The molecule has 0 atom stereocenters. The molecule has 0 spiro atoms. The second-order valence-electron chi connectivity index (χ2n) is 1.91. The van der Waals surface area contributed by atoms with Crippen LogP contribution in [0.4, 0.5) is 5.69 Å². The number of benzene rings is 1. The van der Waals surface area contributed by atoms with Gasteiger partial charge < -0.3 is 5.32 Å². The molecule has 0 heterocycles. The molecular formula is C8H8N2. The lowest BCUT2D eigenvalue weighted by Crippen LogP contribution is -1.90. The molecule has 0 aliphatic rings. The van der Waals surface area contributed by atoms with Gasteiger partial charge in [-0.3, -0.25) is 0 Å². The highest BCUT2D eigenvalue weighted by Crippen LogP contribution is 2.11. The SMILES string of the molecule is CNc1ccccc1C#N. The van der Waals surface area contributed by atoms with Gasteiger partial charge >= 0.3 is 0 Å². The van der Waals surface area contributed by atoms with Crippen LogP contribution < -0.4 is 5.32 Å². The number of para-hydroxylation sites is 1. The molecule has 0 aliphatic carbocycles. The Bertz CT molecular complexity index is 260. The molecule has 0 bridgehead atoms. The fourth-order valence-electron chi connectivity index (χ4n) is 0.799. The molecule has 0 saturated carbocycles. The van der Waals surface area contributed by atoms with Crippen LogP contribution in [0.3, 0.4) is 0 Å². The molecule has 1 N–H and O–H groups in total. The monoisotopic (exact) mass is 132 g/mol. The molecule has 1 aromatic carbocycles. The first-order chi connectivity index (χ1) is 4.88. The zero-order valence-corrected chi connectivity index (χ0v) is 5.76. The molecule has 10 heavy (non-hydrogen) atoms. The summed E-state index contributed by atoms with van der Waals surface area (Å²) in [6, 6.07) is 9.48. The van der Waals surface area contributed by atoms with Crippen LogP contribution in [0.5, 0.6) is 0 Å². The van der Waals surface area contributed by atoms with E-state index in [0.29, 0.717) is 5.56 Å². The van der Waals surface area contributed by atoms with Gasteiger partial charge in [-0.1, -0.05) is 12.1 Å². The van der Waals surface area contributed by atoms with Gasteiger partial charge in [0.2, 0.25) is 0 Å². The van der Waals surface area contributed by atoms with Gasteiger partial charge in [-0.25, -0.2) is 0 Å². The fourth-order valence-corrected chi connectivity index (χ4v) is 0.799. The van der Waals surface area contributed by atoms with E-state index in [0.717, 1.165) is 5.69 Å². The average Bonchev–Trinajstić information content (AvgIpc) is 2.04. The van der Waals surface area contributed by atoms with E-state index in [1.54, 1.807) is 13.1 Å². The molecule has 2 nitrogen and oxygen atoms in total. The lowest BCUT2D eigenvalue weighted by molar-refractivity contribution is 1.44. The van der Waals surface area contributed by atoms with E-state index in [4.69, 9.17) is 5.26 Å². The lowest BCUT2D eigenvalue weighted by atomic mass is 10.2. The van der Waals surface area contributed by atoms with Gasteiger partial charge in [0.1, 0.15) is 6.07 Å². The maximum absolute atomic E-state index is 8.56. The highest BCUT2D eigenvalue weighted by Gasteiger charge is 1.94. The molecule has 1 aromatic rings. The van der Waals surface area contributed by atoms with Crippen LogP contribution in [0.1, 0.15) is 5.56 Å². The van der Waals surface area contributed by atoms with Crippen LogP contribution in [-0.4, -0.2) is 7.05 Å². The van der Waals surface area contributed by atoms with Crippen molar-refractivity contribution in [2.24, 2.45) is 0 Å². The minimum Gasteiger partial charge on any atom is -0.387 e. The maximum atomic E-state index is 8.56. The van der Waals surface area contributed by atoms with Crippen LogP contribution in [0, 0.1) is 11.3 Å². The Hall–Kier alpha value is -1.49. The van der Waals surface area contributed by atoms with Gasteiger partial charge in [-0.05, 0) is 12.1 Å². The fraction of sp³-hybridized carbons (Fsp3) is 0.125. The van der Waals surface area contributed by atoms with Crippen LogP contribution in [0.25, 0.3) is 0 Å². The number of hydrogen-bond donors (Lipinski definition) is 1. The highest BCUT2D eigenvalue weighted by molar-refractivity contribution is 5.56. The quantitative estimate of drug-likeness (QED) is 0.630. The van der Waals surface area contributed by atoms with E-state index in [1.165, 1.54) is 0 Å². The van der Waals surface area contributed by atoms with Crippen molar-refractivity contribution in [3.63, 3.8) is 0 Å². The van der Waals surface area contributed by atoms with E-state index in [-0.39, 0.29) is 0 Å². The first kappa shape index (κ1) is 6.63. The van der Waals surface area contributed by atoms with E-state index in [1.807, 2.05) is 18.2 Å². The van der Waals surface area contributed by atoms with Crippen molar-refractivity contribution in [2.75, 3.05) is 12.4 Å². The zero-order chi connectivity index (χ0) is 7.40. The molecule has 0 aliphatic heterocycles. The molecule has 0 aromatic heterocycles. The predicted molar refractivity (Wildman–Crippen MR) is 40.7 cm³/mol. The van der Waals surface area contributed by atoms with E-state index >= 15 is 0 Å². The largest absolute Gasteiger partial charge is 0.387 e. The summed E-state index contributed by atoms with van der Waals surface area (Å²) < 4.78 is 0. The van der Waals surface area contributed by atoms with Crippen LogP contribution in [0.2, 0.25) is 0 Å². The van der Waals surface area contributed by atoms with Crippen molar-refractivity contribution < 1.29 is 0 Å². The maximum Gasteiger partial charge on any atom is 0.101 e. The Kier molecular flexibility index (Phi) is 1.91. The summed E-state index contributed by atoms with van der Waals surface area (Å²) in [5, 5.41) is 11.5. The first-order valence-corrected chi connectivity index (χ1v) is 3.05. The van der Waals surface area contributed by atoms with Gasteiger partial charge in [-0.2, -0.15) is 5.26 Å². The third-order valence-electron chi connectivity index (χ3n) is 1.32. The van der Waals surface area contributed by atoms with Crippen LogP contribution in [0.15, 0.2) is 24.3 Å². The van der Waals surface area contributed by atoms with Crippen molar-refractivity contribution >= 4 is 5.69 Å². The van der Waals surface area contributed by atoms with Gasteiger partial charge in [-0.15, -0.1) is 0 Å². The number of rotatable bonds is 1. The van der Waals surface area contributed by atoms with E-state index in [9.17, 15) is 0 Å². The summed E-state index contributed by atoms with van der Waals surface area (Å²) in [4.78, 5) is 0. The summed E-state index contributed by atoms with van der Waals surface area (Å²) in [5.74, 6) is 0. The second-order valence-corrected chi connectivity index (χ2v) is 1.91. The molecule has 0 radical (unpaired) electrons. The molecule has 1 rings (SSSR count). The summed E-state index contributed by atoms with van der Waals surface area (Å²) >= 11 is 0. The highest BCUT2D eigenvalue weighted by atomic mass is 14.8. The molecule has 2 heteroatoms. The van der Waals surface area contributed by atoms with Gasteiger partial charge in [0.05, 0.1) is 11.3 Å².